The van der Waals surface area contributed by atoms with Crippen molar-refractivity contribution in [3.8, 4) is 0 Å². The van der Waals surface area contributed by atoms with Crippen LogP contribution in [-0.4, -0.2) is 17.0 Å². The van der Waals surface area contributed by atoms with Crippen LogP contribution in [0.3, 0.4) is 0 Å². The van der Waals surface area contributed by atoms with Gasteiger partial charge in [0.1, 0.15) is 17.5 Å². The number of nitrogens with one attached hydrogen (secondary N) is 2. The minimum absolute atomic E-state index is 0.0321. The van der Waals surface area contributed by atoms with Gasteiger partial charge in [-0.3, -0.25) is 0 Å². The molecular formula is C14H13Cl2FN4. The standard InChI is InChI=1S/C14H13Cl2FN4/c1-18-11-6-12(21-14(20-11)7-2-3-7)19-8-4-9(15)13(17)10(16)5-8/h4-7H,2-3H2,1H3,(H2,18,19,20,21). The molecule has 2 aromatic rings. The smallest absolute Gasteiger partial charge is 0.160 e. The third kappa shape index (κ3) is 3.19. The summed E-state index contributed by atoms with van der Waals surface area (Å²) in [5.74, 6) is 1.97. The number of rotatable bonds is 4. The predicted octanol–water partition coefficient (Wildman–Crippen LogP) is 4.59. The Labute approximate surface area is 131 Å². The monoisotopic (exact) mass is 326 g/mol. The van der Waals surface area contributed by atoms with Gasteiger partial charge in [-0.15, -0.1) is 0 Å². The second-order valence-electron chi connectivity index (χ2n) is 4.90. The second kappa shape index (κ2) is 5.66. The molecule has 0 spiro atoms. The Morgan fingerprint density at radius 1 is 1.10 bits per heavy atom. The molecule has 110 valence electrons. The minimum atomic E-state index is -0.624. The van der Waals surface area contributed by atoms with E-state index in [0.29, 0.717) is 17.4 Å². The van der Waals surface area contributed by atoms with Gasteiger partial charge in [-0.25, -0.2) is 14.4 Å². The van der Waals surface area contributed by atoms with Crippen molar-refractivity contribution in [2.75, 3.05) is 17.7 Å². The molecule has 1 aliphatic carbocycles. The van der Waals surface area contributed by atoms with Crippen LogP contribution in [0.4, 0.5) is 21.7 Å². The summed E-state index contributed by atoms with van der Waals surface area (Å²) in [5, 5.41) is 6.02. The number of halogens is 3. The number of aromatic nitrogens is 2. The van der Waals surface area contributed by atoms with Crippen LogP contribution in [0.1, 0.15) is 24.6 Å². The maximum Gasteiger partial charge on any atom is 0.160 e. The highest BCUT2D eigenvalue weighted by Crippen LogP contribution is 2.39. The highest BCUT2D eigenvalue weighted by molar-refractivity contribution is 6.35. The molecular weight excluding hydrogens is 314 g/mol. The van der Waals surface area contributed by atoms with Gasteiger partial charge in [0.2, 0.25) is 0 Å². The average Bonchev–Trinajstić information content (AvgIpc) is 3.29. The van der Waals surface area contributed by atoms with Gasteiger partial charge in [-0.05, 0) is 25.0 Å². The van der Waals surface area contributed by atoms with Crippen LogP contribution in [0.15, 0.2) is 18.2 Å². The van der Waals surface area contributed by atoms with Gasteiger partial charge in [-0.2, -0.15) is 0 Å². The maximum atomic E-state index is 13.4. The molecule has 1 fully saturated rings. The first-order valence-corrected chi connectivity index (χ1v) is 7.30. The second-order valence-corrected chi connectivity index (χ2v) is 5.71. The first-order valence-electron chi connectivity index (χ1n) is 6.55. The van der Waals surface area contributed by atoms with Crippen LogP contribution >= 0.6 is 23.2 Å². The molecule has 1 aromatic carbocycles. The molecule has 0 unspecified atom stereocenters. The highest BCUT2D eigenvalue weighted by atomic mass is 35.5. The van der Waals surface area contributed by atoms with Crippen molar-refractivity contribution in [1.82, 2.24) is 9.97 Å². The number of anilines is 3. The SMILES string of the molecule is CNc1cc(Nc2cc(Cl)c(F)c(Cl)c2)nc(C2CC2)n1. The predicted molar refractivity (Wildman–Crippen MR) is 83.3 cm³/mol. The van der Waals surface area contributed by atoms with E-state index < -0.39 is 5.82 Å². The van der Waals surface area contributed by atoms with E-state index in [1.165, 1.54) is 12.1 Å². The molecule has 1 aliphatic rings. The van der Waals surface area contributed by atoms with Crippen molar-refractivity contribution in [2.45, 2.75) is 18.8 Å². The molecule has 0 saturated heterocycles. The van der Waals surface area contributed by atoms with Crippen molar-refractivity contribution in [1.29, 1.82) is 0 Å². The molecule has 1 saturated carbocycles. The molecule has 1 aromatic heterocycles. The Morgan fingerprint density at radius 3 is 2.29 bits per heavy atom. The summed E-state index contributed by atoms with van der Waals surface area (Å²) < 4.78 is 13.4. The summed E-state index contributed by atoms with van der Waals surface area (Å²) in [6.45, 7) is 0. The lowest BCUT2D eigenvalue weighted by Gasteiger charge is -2.10. The number of benzene rings is 1. The summed E-state index contributed by atoms with van der Waals surface area (Å²) in [7, 11) is 1.80. The van der Waals surface area contributed by atoms with Gasteiger partial charge in [0, 0.05) is 24.7 Å². The molecule has 3 rings (SSSR count). The lowest BCUT2D eigenvalue weighted by atomic mass is 10.3. The first kappa shape index (κ1) is 14.4. The van der Waals surface area contributed by atoms with E-state index in [1.807, 2.05) is 0 Å². The average molecular weight is 327 g/mol. The summed E-state index contributed by atoms with van der Waals surface area (Å²) in [6, 6.07) is 4.72. The van der Waals surface area contributed by atoms with Crippen LogP contribution in [-0.2, 0) is 0 Å². The molecule has 0 aliphatic heterocycles. The summed E-state index contributed by atoms with van der Waals surface area (Å²) in [4.78, 5) is 8.91. The molecule has 4 nitrogen and oxygen atoms in total. The fraction of sp³-hybridized carbons (Fsp3) is 0.286. The van der Waals surface area contributed by atoms with E-state index in [0.717, 1.165) is 24.5 Å². The summed E-state index contributed by atoms with van der Waals surface area (Å²) in [5.41, 5.74) is 0.578. The van der Waals surface area contributed by atoms with E-state index in [2.05, 4.69) is 20.6 Å². The lowest BCUT2D eigenvalue weighted by Crippen LogP contribution is -2.03. The highest BCUT2D eigenvalue weighted by Gasteiger charge is 2.27. The van der Waals surface area contributed by atoms with Crippen molar-refractivity contribution < 1.29 is 4.39 Å². The largest absolute Gasteiger partial charge is 0.373 e. The zero-order valence-corrected chi connectivity index (χ0v) is 12.8. The molecule has 7 heteroatoms. The van der Waals surface area contributed by atoms with E-state index in [4.69, 9.17) is 23.2 Å². The van der Waals surface area contributed by atoms with Crippen LogP contribution in [0.5, 0.6) is 0 Å². The topological polar surface area (TPSA) is 49.8 Å². The van der Waals surface area contributed by atoms with Gasteiger partial charge in [-0.1, -0.05) is 23.2 Å². The van der Waals surface area contributed by atoms with Gasteiger partial charge in [0.25, 0.3) is 0 Å². The maximum absolute atomic E-state index is 13.4. The van der Waals surface area contributed by atoms with Gasteiger partial charge in [0.15, 0.2) is 5.82 Å². The molecule has 21 heavy (non-hydrogen) atoms. The number of hydrogen-bond acceptors (Lipinski definition) is 4. The Balaban J connectivity index is 1.92. The van der Waals surface area contributed by atoms with Crippen LogP contribution in [0.25, 0.3) is 0 Å². The van der Waals surface area contributed by atoms with Crippen LogP contribution < -0.4 is 10.6 Å². The summed E-state index contributed by atoms with van der Waals surface area (Å²) in [6.07, 6.45) is 2.22. The molecule has 0 radical (unpaired) electrons. The van der Waals surface area contributed by atoms with Crippen LogP contribution in [0.2, 0.25) is 10.0 Å². The zero-order chi connectivity index (χ0) is 15.0. The zero-order valence-electron chi connectivity index (χ0n) is 11.3. The van der Waals surface area contributed by atoms with Crippen molar-refractivity contribution in [2.24, 2.45) is 0 Å². The molecule has 0 atom stereocenters. The van der Waals surface area contributed by atoms with E-state index in [9.17, 15) is 4.39 Å². The van der Waals surface area contributed by atoms with Crippen molar-refractivity contribution in [3.05, 3.63) is 39.9 Å². The molecule has 0 bridgehead atoms. The Kier molecular flexibility index (Phi) is 3.87. The van der Waals surface area contributed by atoms with Gasteiger partial charge < -0.3 is 10.6 Å². The van der Waals surface area contributed by atoms with Gasteiger partial charge in [0.05, 0.1) is 10.0 Å². The first-order chi connectivity index (χ1) is 10.1. The Hall–Kier alpha value is -1.59. The fourth-order valence-corrected chi connectivity index (χ4v) is 2.44. The van der Waals surface area contributed by atoms with Crippen LogP contribution in [0, 0.1) is 5.82 Å². The molecule has 0 amide bonds. The summed E-state index contributed by atoms with van der Waals surface area (Å²) >= 11 is 11.6. The van der Waals surface area contributed by atoms with E-state index in [-0.39, 0.29) is 10.0 Å². The minimum Gasteiger partial charge on any atom is -0.373 e. The molecule has 2 N–H and O–H groups in total. The third-order valence-corrected chi connectivity index (χ3v) is 3.75. The quantitative estimate of drug-likeness (QED) is 0.807. The van der Waals surface area contributed by atoms with E-state index in [1.54, 1.807) is 13.1 Å². The molecule has 1 heterocycles. The van der Waals surface area contributed by atoms with Gasteiger partial charge >= 0.3 is 0 Å². The fourth-order valence-electron chi connectivity index (χ4n) is 1.96. The Bertz CT molecular complexity index is 666. The number of hydrogen-bond donors (Lipinski definition) is 2. The van der Waals surface area contributed by atoms with Crippen molar-refractivity contribution >= 4 is 40.5 Å². The van der Waals surface area contributed by atoms with Crippen molar-refractivity contribution in [3.63, 3.8) is 0 Å². The third-order valence-electron chi connectivity index (χ3n) is 3.20. The number of nitrogens with zero attached hydrogens (tertiary/aromatic N) is 2. The lowest BCUT2D eigenvalue weighted by molar-refractivity contribution is 0.629. The normalized spacial score (nSPS) is 14.1. The Morgan fingerprint density at radius 2 is 1.71 bits per heavy atom. The van der Waals surface area contributed by atoms with E-state index >= 15 is 0 Å².